The van der Waals surface area contributed by atoms with E-state index in [0.29, 0.717) is 22.4 Å². The Bertz CT molecular complexity index is 1460. The number of alkyl halides is 3. The molecule has 37 heavy (non-hydrogen) atoms. The molecule has 190 valence electrons. The summed E-state index contributed by atoms with van der Waals surface area (Å²) in [5, 5.41) is 0. The minimum absolute atomic E-state index is 0.0237. The SMILES string of the molecule is Nc1ccc(C(=O)c2ccccc2)cc1.O=C(c1ccccc1)c1ccc(NS(=O)(=O)C(F)(F)F)cc1. The molecule has 0 aliphatic heterocycles. The smallest absolute Gasteiger partial charge is 0.399 e. The zero-order valence-corrected chi connectivity index (χ0v) is 20.0. The van der Waals surface area contributed by atoms with E-state index in [1.54, 1.807) is 66.7 Å². The van der Waals surface area contributed by atoms with Crippen LogP contribution in [0.25, 0.3) is 0 Å². The number of ketones is 2. The highest BCUT2D eigenvalue weighted by Crippen LogP contribution is 2.25. The van der Waals surface area contributed by atoms with Crippen molar-refractivity contribution in [2.45, 2.75) is 5.51 Å². The van der Waals surface area contributed by atoms with Crippen LogP contribution in [0.1, 0.15) is 31.8 Å². The molecule has 4 aromatic rings. The van der Waals surface area contributed by atoms with Crippen molar-refractivity contribution in [3.05, 3.63) is 131 Å². The second-order valence-corrected chi connectivity index (χ2v) is 9.31. The predicted molar refractivity (Wildman–Crippen MR) is 136 cm³/mol. The van der Waals surface area contributed by atoms with Crippen LogP contribution in [-0.2, 0) is 10.0 Å². The van der Waals surface area contributed by atoms with E-state index in [-0.39, 0.29) is 22.8 Å². The van der Waals surface area contributed by atoms with Gasteiger partial charge in [0.25, 0.3) is 0 Å². The second kappa shape index (κ2) is 11.5. The van der Waals surface area contributed by atoms with Gasteiger partial charge in [0.15, 0.2) is 11.6 Å². The lowest BCUT2D eigenvalue weighted by atomic mass is 10.0. The van der Waals surface area contributed by atoms with Gasteiger partial charge in [0.1, 0.15) is 0 Å². The Balaban J connectivity index is 0.000000220. The molecule has 0 unspecified atom stereocenters. The Kier molecular flexibility index (Phi) is 8.46. The molecule has 0 aromatic heterocycles. The van der Waals surface area contributed by atoms with Crippen molar-refractivity contribution >= 4 is 33.0 Å². The number of halogens is 3. The standard InChI is InChI=1S/C14H10F3NO3S.C13H11NO/c15-14(16,17)22(20,21)18-12-8-6-11(7-9-12)13(19)10-4-2-1-3-5-10;14-12-8-6-11(7-9-12)13(15)10-4-2-1-3-5-10/h1-9,18H;1-9H,14H2. The Morgan fingerprint density at radius 2 is 0.946 bits per heavy atom. The number of nitrogens with one attached hydrogen (secondary N) is 1. The maximum atomic E-state index is 12.2. The molecule has 0 atom stereocenters. The largest absolute Gasteiger partial charge is 0.516 e. The third-order valence-corrected chi connectivity index (χ3v) is 6.06. The number of benzene rings is 4. The molecule has 0 fully saturated rings. The number of carbonyl (C=O) groups is 2. The molecule has 3 N–H and O–H groups in total. The number of nitrogens with two attached hydrogens (primary N) is 1. The highest BCUT2D eigenvalue weighted by atomic mass is 32.2. The zero-order chi connectivity index (χ0) is 27.1. The number of hydrogen-bond donors (Lipinski definition) is 2. The summed E-state index contributed by atoms with van der Waals surface area (Å²) in [5.41, 5.74) is 2.57. The van der Waals surface area contributed by atoms with Crippen molar-refractivity contribution in [2.24, 2.45) is 0 Å². The summed E-state index contributed by atoms with van der Waals surface area (Å²) in [5.74, 6) is -0.290. The summed E-state index contributed by atoms with van der Waals surface area (Å²) in [7, 11) is -5.47. The molecular weight excluding hydrogens is 505 g/mol. The molecule has 0 bridgehead atoms. The third kappa shape index (κ3) is 7.28. The van der Waals surface area contributed by atoms with Crippen LogP contribution in [0.5, 0.6) is 0 Å². The first-order valence-electron chi connectivity index (χ1n) is 10.7. The minimum Gasteiger partial charge on any atom is -0.399 e. The predicted octanol–water partition coefficient (Wildman–Crippen LogP) is 5.68. The van der Waals surface area contributed by atoms with Crippen molar-refractivity contribution in [1.82, 2.24) is 0 Å². The van der Waals surface area contributed by atoms with Crippen LogP contribution in [0.15, 0.2) is 109 Å². The molecular formula is C27H21F3N2O4S. The van der Waals surface area contributed by atoms with E-state index in [0.717, 1.165) is 12.1 Å². The van der Waals surface area contributed by atoms with Crippen LogP contribution >= 0.6 is 0 Å². The van der Waals surface area contributed by atoms with Gasteiger partial charge in [-0.3, -0.25) is 14.3 Å². The number of anilines is 2. The summed E-state index contributed by atoms with van der Waals surface area (Å²) in [4.78, 5) is 24.0. The molecule has 0 saturated carbocycles. The molecule has 0 spiro atoms. The van der Waals surface area contributed by atoms with E-state index in [1.807, 2.05) is 18.2 Å². The van der Waals surface area contributed by atoms with Crippen LogP contribution in [0.2, 0.25) is 0 Å². The second-order valence-electron chi connectivity index (χ2n) is 7.64. The molecule has 10 heteroatoms. The van der Waals surface area contributed by atoms with Crippen molar-refractivity contribution in [3.63, 3.8) is 0 Å². The quantitative estimate of drug-likeness (QED) is 0.248. The first-order valence-corrected chi connectivity index (χ1v) is 12.2. The molecule has 0 radical (unpaired) electrons. The Morgan fingerprint density at radius 1 is 0.595 bits per heavy atom. The van der Waals surface area contributed by atoms with Gasteiger partial charge in [-0.1, -0.05) is 60.7 Å². The van der Waals surface area contributed by atoms with E-state index in [2.05, 4.69) is 0 Å². The van der Waals surface area contributed by atoms with E-state index in [9.17, 15) is 31.2 Å². The first-order chi connectivity index (χ1) is 17.5. The monoisotopic (exact) mass is 526 g/mol. The van der Waals surface area contributed by atoms with Gasteiger partial charge in [0.2, 0.25) is 0 Å². The fraction of sp³-hybridized carbons (Fsp3) is 0.0370. The third-order valence-electron chi connectivity index (χ3n) is 4.95. The van der Waals surface area contributed by atoms with Crippen LogP contribution in [-0.4, -0.2) is 25.5 Å². The Labute approximate surface area is 211 Å². The summed E-state index contributed by atoms with van der Waals surface area (Å²) in [6, 6.07) is 29.1. The van der Waals surface area contributed by atoms with E-state index in [1.165, 1.54) is 16.9 Å². The van der Waals surface area contributed by atoms with Crippen LogP contribution in [0.3, 0.4) is 0 Å². The van der Waals surface area contributed by atoms with Crippen molar-refractivity contribution in [1.29, 1.82) is 0 Å². The molecule has 0 heterocycles. The molecule has 0 aliphatic rings. The van der Waals surface area contributed by atoms with E-state index in [4.69, 9.17) is 5.73 Å². The lowest BCUT2D eigenvalue weighted by Crippen LogP contribution is -2.29. The van der Waals surface area contributed by atoms with E-state index >= 15 is 0 Å². The highest BCUT2D eigenvalue weighted by molar-refractivity contribution is 7.93. The van der Waals surface area contributed by atoms with Gasteiger partial charge in [-0.25, -0.2) is 0 Å². The number of nitrogen functional groups attached to an aromatic ring is 1. The van der Waals surface area contributed by atoms with Gasteiger partial charge < -0.3 is 5.73 Å². The number of carbonyl (C=O) groups excluding carboxylic acids is 2. The average molecular weight is 527 g/mol. The molecule has 0 aliphatic carbocycles. The lowest BCUT2D eigenvalue weighted by Gasteiger charge is -2.10. The summed E-state index contributed by atoms with van der Waals surface area (Å²) < 4.78 is 60.0. The molecule has 0 saturated heterocycles. The van der Waals surface area contributed by atoms with Gasteiger partial charge in [-0.2, -0.15) is 21.6 Å². The Hall–Kier alpha value is -4.44. The fourth-order valence-electron chi connectivity index (χ4n) is 3.05. The van der Waals surface area contributed by atoms with Crippen LogP contribution in [0, 0.1) is 0 Å². The van der Waals surface area contributed by atoms with Gasteiger partial charge >= 0.3 is 15.5 Å². The van der Waals surface area contributed by atoms with Crippen molar-refractivity contribution in [3.8, 4) is 0 Å². The number of sulfonamides is 1. The van der Waals surface area contributed by atoms with Crippen molar-refractivity contribution < 1.29 is 31.2 Å². The molecule has 6 nitrogen and oxygen atoms in total. The van der Waals surface area contributed by atoms with Gasteiger partial charge in [0, 0.05) is 33.6 Å². The summed E-state index contributed by atoms with van der Waals surface area (Å²) in [6.45, 7) is 0. The lowest BCUT2D eigenvalue weighted by molar-refractivity contribution is -0.0429. The summed E-state index contributed by atoms with van der Waals surface area (Å²) >= 11 is 0. The normalized spacial score (nSPS) is 11.1. The average Bonchev–Trinajstić information content (AvgIpc) is 2.89. The highest BCUT2D eigenvalue weighted by Gasteiger charge is 2.46. The van der Waals surface area contributed by atoms with Crippen LogP contribution < -0.4 is 10.5 Å². The topological polar surface area (TPSA) is 106 Å². The van der Waals surface area contributed by atoms with Gasteiger partial charge in [-0.05, 0) is 48.5 Å². The first kappa shape index (κ1) is 27.2. The van der Waals surface area contributed by atoms with Crippen molar-refractivity contribution in [2.75, 3.05) is 10.5 Å². The van der Waals surface area contributed by atoms with Gasteiger partial charge in [-0.15, -0.1) is 0 Å². The van der Waals surface area contributed by atoms with Gasteiger partial charge in [0.05, 0.1) is 0 Å². The fourth-order valence-corrected chi connectivity index (χ4v) is 3.61. The number of rotatable bonds is 6. The molecule has 0 amide bonds. The van der Waals surface area contributed by atoms with E-state index < -0.39 is 15.5 Å². The van der Waals surface area contributed by atoms with Crippen LogP contribution in [0.4, 0.5) is 24.5 Å². The zero-order valence-electron chi connectivity index (χ0n) is 19.1. The maximum absolute atomic E-state index is 12.2. The Morgan fingerprint density at radius 3 is 1.32 bits per heavy atom. The molecule has 4 rings (SSSR count). The molecule has 4 aromatic carbocycles. The number of hydrogen-bond acceptors (Lipinski definition) is 5. The minimum atomic E-state index is -5.47. The summed E-state index contributed by atoms with van der Waals surface area (Å²) in [6.07, 6.45) is 0. The maximum Gasteiger partial charge on any atom is 0.516 e.